The van der Waals surface area contributed by atoms with E-state index in [1.807, 2.05) is 6.92 Å². The van der Waals surface area contributed by atoms with Crippen LogP contribution in [-0.4, -0.2) is 35.0 Å². The number of amides is 1. The van der Waals surface area contributed by atoms with Gasteiger partial charge in [-0.1, -0.05) is 24.9 Å². The number of hydrogen-bond donors (Lipinski definition) is 1. The molecule has 0 bridgehead atoms. The molecule has 1 N–H and O–H groups in total. The first-order chi connectivity index (χ1) is 9.04. The van der Waals surface area contributed by atoms with Gasteiger partial charge in [0, 0.05) is 23.7 Å². The molecule has 0 aromatic heterocycles. The smallest absolute Gasteiger partial charge is 0.305 e. The van der Waals surface area contributed by atoms with Crippen molar-refractivity contribution in [2.75, 3.05) is 13.1 Å². The summed E-state index contributed by atoms with van der Waals surface area (Å²) in [5, 5.41) is 9.29. The Hall–Kier alpha value is -1.55. The minimum absolute atomic E-state index is 0.0386. The Kier molecular flexibility index (Phi) is 6.36. The standard InChI is InChI=1S/C14H18ClNO3/c1-2-3-9-16(10-8-13(17)18)14(19)11-4-6-12(15)7-5-11/h4-7H,2-3,8-10H2,1H3,(H,17,18). The number of nitrogens with zero attached hydrogens (tertiary/aromatic N) is 1. The van der Waals surface area contributed by atoms with Crippen molar-refractivity contribution < 1.29 is 14.7 Å². The van der Waals surface area contributed by atoms with Gasteiger partial charge in [0.2, 0.25) is 0 Å². The van der Waals surface area contributed by atoms with Crippen LogP contribution in [0.3, 0.4) is 0 Å². The van der Waals surface area contributed by atoms with Gasteiger partial charge in [-0.15, -0.1) is 0 Å². The van der Waals surface area contributed by atoms with E-state index in [1.54, 1.807) is 29.2 Å². The molecule has 1 aromatic rings. The lowest BCUT2D eigenvalue weighted by molar-refractivity contribution is -0.137. The summed E-state index contributed by atoms with van der Waals surface area (Å²) < 4.78 is 0. The van der Waals surface area contributed by atoms with Gasteiger partial charge in [0.1, 0.15) is 0 Å². The summed E-state index contributed by atoms with van der Waals surface area (Å²) in [4.78, 5) is 24.5. The Bertz CT molecular complexity index is 431. The lowest BCUT2D eigenvalue weighted by atomic mass is 10.2. The Balaban J connectivity index is 2.74. The van der Waals surface area contributed by atoms with Crippen LogP contribution in [-0.2, 0) is 4.79 Å². The second-order valence-electron chi connectivity index (χ2n) is 4.30. The molecule has 0 fully saturated rings. The van der Waals surface area contributed by atoms with Crippen LogP contribution in [0.15, 0.2) is 24.3 Å². The third-order valence-electron chi connectivity index (χ3n) is 2.76. The maximum Gasteiger partial charge on any atom is 0.305 e. The molecule has 0 heterocycles. The highest BCUT2D eigenvalue weighted by Crippen LogP contribution is 2.12. The second kappa shape index (κ2) is 7.79. The van der Waals surface area contributed by atoms with Crippen molar-refractivity contribution in [3.8, 4) is 0 Å². The fraction of sp³-hybridized carbons (Fsp3) is 0.429. The lowest BCUT2D eigenvalue weighted by Gasteiger charge is -2.21. The third-order valence-corrected chi connectivity index (χ3v) is 3.01. The van der Waals surface area contributed by atoms with Crippen molar-refractivity contribution in [1.29, 1.82) is 0 Å². The molecule has 5 heteroatoms. The number of carboxylic acids is 1. The first-order valence-electron chi connectivity index (χ1n) is 6.31. The highest BCUT2D eigenvalue weighted by Gasteiger charge is 2.16. The molecule has 4 nitrogen and oxygen atoms in total. The maximum atomic E-state index is 12.3. The van der Waals surface area contributed by atoms with Crippen molar-refractivity contribution in [1.82, 2.24) is 4.90 Å². The van der Waals surface area contributed by atoms with Gasteiger partial charge in [-0.3, -0.25) is 9.59 Å². The molecular weight excluding hydrogens is 266 g/mol. The number of benzene rings is 1. The van der Waals surface area contributed by atoms with Crippen LogP contribution in [0, 0.1) is 0 Å². The zero-order chi connectivity index (χ0) is 14.3. The number of unbranched alkanes of at least 4 members (excludes halogenated alkanes) is 1. The average molecular weight is 284 g/mol. The first-order valence-corrected chi connectivity index (χ1v) is 6.69. The molecule has 1 rings (SSSR count). The van der Waals surface area contributed by atoms with E-state index >= 15 is 0 Å². The van der Waals surface area contributed by atoms with E-state index < -0.39 is 5.97 Å². The quantitative estimate of drug-likeness (QED) is 0.837. The van der Waals surface area contributed by atoms with Crippen LogP contribution in [0.2, 0.25) is 5.02 Å². The summed E-state index contributed by atoms with van der Waals surface area (Å²) in [7, 11) is 0. The van der Waals surface area contributed by atoms with Gasteiger partial charge in [-0.25, -0.2) is 0 Å². The van der Waals surface area contributed by atoms with E-state index in [2.05, 4.69) is 0 Å². The molecule has 1 amide bonds. The SMILES string of the molecule is CCCCN(CCC(=O)O)C(=O)c1ccc(Cl)cc1. The number of hydrogen-bond acceptors (Lipinski definition) is 2. The van der Waals surface area contributed by atoms with Gasteiger partial charge < -0.3 is 10.0 Å². The van der Waals surface area contributed by atoms with Crippen molar-refractivity contribution in [3.63, 3.8) is 0 Å². The largest absolute Gasteiger partial charge is 0.481 e. The Morgan fingerprint density at radius 2 is 1.84 bits per heavy atom. The summed E-state index contributed by atoms with van der Waals surface area (Å²) in [6, 6.07) is 6.63. The fourth-order valence-electron chi connectivity index (χ4n) is 1.67. The van der Waals surface area contributed by atoms with Crippen LogP contribution in [0.4, 0.5) is 0 Å². The lowest BCUT2D eigenvalue weighted by Crippen LogP contribution is -2.33. The molecule has 0 atom stereocenters. The number of halogens is 1. The van der Waals surface area contributed by atoms with E-state index in [9.17, 15) is 9.59 Å². The molecule has 0 radical (unpaired) electrons. The van der Waals surface area contributed by atoms with Gasteiger partial charge in [-0.05, 0) is 30.7 Å². The predicted molar refractivity (Wildman–Crippen MR) is 74.5 cm³/mol. The second-order valence-corrected chi connectivity index (χ2v) is 4.73. The molecule has 1 aromatic carbocycles. The van der Waals surface area contributed by atoms with Gasteiger partial charge in [-0.2, -0.15) is 0 Å². The molecule has 0 unspecified atom stereocenters. The summed E-state index contributed by atoms with van der Waals surface area (Å²) in [6.45, 7) is 2.84. The molecular formula is C14H18ClNO3. The van der Waals surface area contributed by atoms with Crippen molar-refractivity contribution >= 4 is 23.5 Å². The van der Waals surface area contributed by atoms with Gasteiger partial charge >= 0.3 is 5.97 Å². The molecule has 0 saturated heterocycles. The van der Waals surface area contributed by atoms with E-state index in [4.69, 9.17) is 16.7 Å². The summed E-state index contributed by atoms with van der Waals surface area (Å²) in [5.74, 6) is -1.04. The molecule has 0 spiro atoms. The third kappa shape index (κ3) is 5.30. The minimum atomic E-state index is -0.898. The monoisotopic (exact) mass is 283 g/mol. The van der Waals surface area contributed by atoms with Crippen LogP contribution in [0.5, 0.6) is 0 Å². The van der Waals surface area contributed by atoms with Gasteiger partial charge in [0.05, 0.1) is 6.42 Å². The van der Waals surface area contributed by atoms with Crippen LogP contribution < -0.4 is 0 Å². The minimum Gasteiger partial charge on any atom is -0.481 e. The zero-order valence-corrected chi connectivity index (χ0v) is 11.7. The Morgan fingerprint density at radius 3 is 2.37 bits per heavy atom. The molecule has 104 valence electrons. The molecule has 0 aliphatic carbocycles. The van der Waals surface area contributed by atoms with Gasteiger partial charge in [0.15, 0.2) is 0 Å². The number of carboxylic acid groups (broad SMARTS) is 1. The number of rotatable bonds is 7. The first kappa shape index (κ1) is 15.5. The highest BCUT2D eigenvalue weighted by atomic mass is 35.5. The normalized spacial score (nSPS) is 10.2. The van der Waals surface area contributed by atoms with Crippen molar-refractivity contribution in [3.05, 3.63) is 34.9 Å². The van der Waals surface area contributed by atoms with Gasteiger partial charge in [0.25, 0.3) is 5.91 Å². The van der Waals surface area contributed by atoms with E-state index in [-0.39, 0.29) is 18.9 Å². The summed E-state index contributed by atoms with van der Waals surface area (Å²) >= 11 is 5.78. The highest BCUT2D eigenvalue weighted by molar-refractivity contribution is 6.30. The predicted octanol–water partition coefficient (Wildman–Crippen LogP) is 3.06. The summed E-state index contributed by atoms with van der Waals surface area (Å²) in [5.41, 5.74) is 0.533. The number of carbonyl (C=O) groups excluding carboxylic acids is 1. The van der Waals surface area contributed by atoms with E-state index in [0.717, 1.165) is 12.8 Å². The average Bonchev–Trinajstić information content (AvgIpc) is 2.39. The van der Waals surface area contributed by atoms with E-state index in [1.165, 1.54) is 0 Å². The topological polar surface area (TPSA) is 57.6 Å². The number of carbonyl (C=O) groups is 2. The maximum absolute atomic E-state index is 12.3. The van der Waals surface area contributed by atoms with Crippen molar-refractivity contribution in [2.45, 2.75) is 26.2 Å². The van der Waals surface area contributed by atoms with Crippen molar-refractivity contribution in [2.24, 2.45) is 0 Å². The van der Waals surface area contributed by atoms with Crippen LogP contribution in [0.25, 0.3) is 0 Å². The number of aliphatic carboxylic acids is 1. The molecule has 0 aliphatic heterocycles. The fourth-order valence-corrected chi connectivity index (χ4v) is 1.80. The Morgan fingerprint density at radius 1 is 1.21 bits per heavy atom. The van der Waals surface area contributed by atoms with Crippen LogP contribution >= 0.6 is 11.6 Å². The molecule has 0 aliphatic rings. The van der Waals surface area contributed by atoms with Crippen LogP contribution in [0.1, 0.15) is 36.5 Å². The molecule has 19 heavy (non-hydrogen) atoms. The Labute approximate surface area is 118 Å². The zero-order valence-electron chi connectivity index (χ0n) is 10.9. The van der Waals surface area contributed by atoms with E-state index in [0.29, 0.717) is 17.1 Å². The molecule has 0 saturated carbocycles. The summed E-state index contributed by atoms with van der Waals surface area (Å²) in [6.07, 6.45) is 1.78.